The Balaban J connectivity index is 2.86. The van der Waals surface area contributed by atoms with Crippen molar-refractivity contribution >= 4 is 5.97 Å². The minimum Gasteiger partial charge on any atom is -0.465 e. The van der Waals surface area contributed by atoms with Gasteiger partial charge in [0, 0.05) is 0 Å². The van der Waals surface area contributed by atoms with E-state index in [0.717, 1.165) is 17.6 Å². The van der Waals surface area contributed by atoms with Crippen molar-refractivity contribution in [2.75, 3.05) is 7.11 Å². The second-order valence-electron chi connectivity index (χ2n) is 2.85. The average Bonchev–Trinajstić information content (AvgIpc) is 2.28. The van der Waals surface area contributed by atoms with E-state index in [2.05, 4.69) is 4.74 Å². The number of hydrogen-bond donors (Lipinski definition) is 0. The number of hydrogen-bond acceptors (Lipinski definition) is 2. The molecule has 0 saturated heterocycles. The lowest BCUT2D eigenvalue weighted by molar-refractivity contribution is -0.135. The van der Waals surface area contributed by atoms with Crippen molar-refractivity contribution in [3.05, 3.63) is 22.8 Å². The number of carbonyl (C=O) groups is 1. The van der Waals surface area contributed by atoms with E-state index in [1.807, 2.05) is 19.9 Å². The van der Waals surface area contributed by atoms with Crippen molar-refractivity contribution in [3.8, 4) is 0 Å². The Bertz CT molecular complexity index is 246. The molecule has 0 amide bonds. The predicted molar refractivity (Wildman–Crippen MR) is 43.1 cm³/mol. The maximum absolute atomic E-state index is 11.0. The molecule has 11 heavy (non-hydrogen) atoms. The van der Waals surface area contributed by atoms with Crippen LogP contribution in [0.15, 0.2) is 22.8 Å². The van der Waals surface area contributed by atoms with E-state index in [9.17, 15) is 4.79 Å². The van der Waals surface area contributed by atoms with Crippen LogP contribution in [0.2, 0.25) is 0 Å². The van der Waals surface area contributed by atoms with Crippen molar-refractivity contribution in [1.82, 2.24) is 0 Å². The Morgan fingerprint density at radius 1 is 1.55 bits per heavy atom. The summed E-state index contributed by atoms with van der Waals surface area (Å²) in [4.78, 5) is 11.0. The summed E-state index contributed by atoms with van der Waals surface area (Å²) < 4.78 is 4.61. The van der Waals surface area contributed by atoms with Crippen LogP contribution in [-0.4, -0.2) is 13.1 Å². The summed E-state index contributed by atoms with van der Waals surface area (Å²) >= 11 is 0. The normalized spacial score (nSPS) is 16.8. The number of ether oxygens (including phenoxy) is 1. The molecule has 0 N–H and O–H groups in total. The minimum absolute atomic E-state index is 0.223. The first-order valence-electron chi connectivity index (χ1n) is 3.60. The molecule has 0 aromatic carbocycles. The van der Waals surface area contributed by atoms with Crippen LogP contribution < -0.4 is 0 Å². The highest BCUT2D eigenvalue weighted by molar-refractivity contribution is 5.93. The Labute approximate surface area is 66.5 Å². The lowest BCUT2D eigenvalue weighted by Gasteiger charge is -1.97. The van der Waals surface area contributed by atoms with Crippen LogP contribution in [-0.2, 0) is 9.53 Å². The van der Waals surface area contributed by atoms with Crippen molar-refractivity contribution in [2.45, 2.75) is 20.3 Å². The van der Waals surface area contributed by atoms with Gasteiger partial charge in [0.05, 0.1) is 12.7 Å². The van der Waals surface area contributed by atoms with Gasteiger partial charge in [-0.05, 0) is 26.3 Å². The number of carbonyl (C=O) groups excluding carboxylic acids is 1. The highest BCUT2D eigenvalue weighted by Gasteiger charge is 2.16. The van der Waals surface area contributed by atoms with Gasteiger partial charge in [0.1, 0.15) is 0 Å². The van der Waals surface area contributed by atoms with Gasteiger partial charge in [-0.3, -0.25) is 0 Å². The van der Waals surface area contributed by atoms with E-state index in [0.29, 0.717) is 0 Å². The van der Waals surface area contributed by atoms with Crippen LogP contribution in [0.4, 0.5) is 0 Å². The molecule has 0 aromatic heterocycles. The number of methoxy groups -OCH3 is 1. The van der Waals surface area contributed by atoms with Gasteiger partial charge in [-0.15, -0.1) is 0 Å². The van der Waals surface area contributed by atoms with E-state index in [1.165, 1.54) is 12.7 Å². The van der Waals surface area contributed by atoms with Crippen LogP contribution in [0.25, 0.3) is 0 Å². The summed E-state index contributed by atoms with van der Waals surface area (Å²) in [5.74, 6) is -0.223. The van der Waals surface area contributed by atoms with Gasteiger partial charge >= 0.3 is 5.97 Å². The molecule has 0 radical (unpaired) electrons. The summed E-state index contributed by atoms with van der Waals surface area (Å²) in [5.41, 5.74) is 3.06. The van der Waals surface area contributed by atoms with E-state index in [4.69, 9.17) is 0 Å². The lowest BCUT2D eigenvalue weighted by Crippen LogP contribution is -2.02. The monoisotopic (exact) mass is 152 g/mol. The van der Waals surface area contributed by atoms with Crippen LogP contribution in [0.5, 0.6) is 0 Å². The molecule has 0 saturated carbocycles. The third-order valence-electron chi connectivity index (χ3n) is 1.80. The van der Waals surface area contributed by atoms with Gasteiger partial charge in [-0.25, -0.2) is 4.79 Å². The van der Waals surface area contributed by atoms with Crippen molar-refractivity contribution in [1.29, 1.82) is 0 Å². The number of rotatable bonds is 1. The second kappa shape index (κ2) is 2.91. The molecule has 0 spiro atoms. The molecule has 0 aliphatic heterocycles. The van der Waals surface area contributed by atoms with Crippen LogP contribution >= 0.6 is 0 Å². The zero-order valence-electron chi connectivity index (χ0n) is 7.10. The topological polar surface area (TPSA) is 26.3 Å². The molecule has 2 heteroatoms. The fraction of sp³-hybridized carbons (Fsp3) is 0.444. The summed E-state index contributed by atoms with van der Waals surface area (Å²) in [6, 6.07) is 0. The molecule has 2 nitrogen and oxygen atoms in total. The average molecular weight is 152 g/mol. The Kier molecular flexibility index (Phi) is 2.13. The van der Waals surface area contributed by atoms with E-state index >= 15 is 0 Å². The molecule has 0 atom stereocenters. The second-order valence-corrected chi connectivity index (χ2v) is 2.85. The van der Waals surface area contributed by atoms with E-state index in [-0.39, 0.29) is 5.97 Å². The zero-order chi connectivity index (χ0) is 8.43. The zero-order valence-corrected chi connectivity index (χ0v) is 7.10. The summed E-state index contributed by atoms with van der Waals surface area (Å²) in [5, 5.41) is 0. The predicted octanol–water partition coefficient (Wildman–Crippen LogP) is 1.83. The number of allylic oxidation sites excluding steroid dienone is 2. The van der Waals surface area contributed by atoms with Crippen molar-refractivity contribution < 1.29 is 9.53 Å². The smallest absolute Gasteiger partial charge is 0.337 e. The highest BCUT2D eigenvalue weighted by atomic mass is 16.5. The first kappa shape index (κ1) is 8.05. The Hall–Kier alpha value is -1.05. The van der Waals surface area contributed by atoms with Gasteiger partial charge in [-0.1, -0.05) is 11.1 Å². The van der Waals surface area contributed by atoms with Crippen LogP contribution in [0, 0.1) is 0 Å². The third-order valence-corrected chi connectivity index (χ3v) is 1.80. The van der Waals surface area contributed by atoms with E-state index in [1.54, 1.807) is 0 Å². The summed E-state index contributed by atoms with van der Waals surface area (Å²) in [7, 11) is 1.41. The molecular formula is C9H12O2. The molecule has 1 aliphatic carbocycles. The summed E-state index contributed by atoms with van der Waals surface area (Å²) in [6.07, 6.45) is 2.80. The van der Waals surface area contributed by atoms with Gasteiger partial charge in [0.2, 0.25) is 0 Å². The molecular weight excluding hydrogens is 140 g/mol. The van der Waals surface area contributed by atoms with Crippen LogP contribution in [0.1, 0.15) is 20.3 Å². The molecule has 1 aliphatic rings. The standard InChI is InChI=1S/C9H12O2/c1-6-4-7(2)8(5-6)9(10)11-3/h5H,4H2,1-3H3. The largest absolute Gasteiger partial charge is 0.465 e. The van der Waals surface area contributed by atoms with Gasteiger partial charge in [-0.2, -0.15) is 0 Å². The third kappa shape index (κ3) is 1.50. The minimum atomic E-state index is -0.223. The van der Waals surface area contributed by atoms with Gasteiger partial charge in [0.25, 0.3) is 0 Å². The molecule has 60 valence electrons. The maximum Gasteiger partial charge on any atom is 0.337 e. The SMILES string of the molecule is COC(=O)C1=C(C)CC(C)=C1. The van der Waals surface area contributed by atoms with E-state index < -0.39 is 0 Å². The first-order chi connectivity index (χ1) is 5.15. The lowest BCUT2D eigenvalue weighted by atomic mass is 10.1. The molecule has 1 rings (SSSR count). The Morgan fingerprint density at radius 2 is 2.18 bits per heavy atom. The molecule has 0 bridgehead atoms. The molecule has 0 heterocycles. The van der Waals surface area contributed by atoms with Crippen molar-refractivity contribution in [2.24, 2.45) is 0 Å². The first-order valence-corrected chi connectivity index (χ1v) is 3.60. The number of esters is 1. The molecule has 0 fully saturated rings. The fourth-order valence-corrected chi connectivity index (χ4v) is 1.28. The molecule has 0 aromatic rings. The molecule has 0 unspecified atom stereocenters. The quantitative estimate of drug-likeness (QED) is 0.536. The van der Waals surface area contributed by atoms with Gasteiger partial charge in [0.15, 0.2) is 0 Å². The maximum atomic E-state index is 11.0. The summed E-state index contributed by atoms with van der Waals surface area (Å²) in [6.45, 7) is 3.97. The highest BCUT2D eigenvalue weighted by Crippen LogP contribution is 2.24. The van der Waals surface area contributed by atoms with Crippen LogP contribution in [0.3, 0.4) is 0 Å². The van der Waals surface area contributed by atoms with Gasteiger partial charge < -0.3 is 4.74 Å². The fourth-order valence-electron chi connectivity index (χ4n) is 1.28. The Morgan fingerprint density at radius 3 is 2.55 bits per heavy atom. The van der Waals surface area contributed by atoms with Crippen molar-refractivity contribution in [3.63, 3.8) is 0 Å².